The smallest absolute Gasteiger partial charge is 0.245 e. The van der Waals surface area contributed by atoms with Gasteiger partial charge in [-0.25, -0.2) is 0 Å². The van der Waals surface area contributed by atoms with E-state index in [0.717, 1.165) is 0 Å². The molecule has 15 N–H and O–H groups in total. The maximum absolute atomic E-state index is 13.5. The topological polar surface area (TPSA) is 340 Å². The fourth-order valence-corrected chi connectivity index (χ4v) is 4.26. The standard InChI is InChI=1S/C29H55N11O9/c1-16(35-28(49)23(17(2)43)39-25(46)19(30)10-11-22(31)44)24(45)37-21(9-7-12-34-29(32)33)27(48)38-20(8-5-6-13-40(3)4)26(47)36-18(14-41)15-42/h14,16-21,23,42-43H,5-13,15,30H2,1-4H3,(H2,31,44)(H,35,49)(H,36,47)(H,37,45)(H,38,48)(H,39,46)(H4,32,33,34)/t16-,17+,18+,19-,20-,21-,23-/m0/s1. The van der Waals surface area contributed by atoms with Crippen molar-refractivity contribution in [3.05, 3.63) is 0 Å². The molecule has 0 saturated heterocycles. The van der Waals surface area contributed by atoms with Crippen LogP contribution in [0.5, 0.6) is 0 Å². The van der Waals surface area contributed by atoms with Gasteiger partial charge in [0, 0.05) is 13.0 Å². The Labute approximate surface area is 285 Å². The molecule has 0 aromatic carbocycles. The van der Waals surface area contributed by atoms with E-state index in [0.29, 0.717) is 25.7 Å². The molecule has 0 aliphatic heterocycles. The normalized spacial score (nSPS) is 15.3. The highest BCUT2D eigenvalue weighted by Crippen LogP contribution is 2.07. The Balaban J connectivity index is 5.84. The molecule has 7 atom stereocenters. The lowest BCUT2D eigenvalue weighted by Gasteiger charge is -2.26. The predicted octanol–water partition coefficient (Wildman–Crippen LogP) is -5.62. The summed E-state index contributed by atoms with van der Waals surface area (Å²) in [6, 6.07) is -7.56. The molecule has 20 heteroatoms. The van der Waals surface area contributed by atoms with Crippen LogP contribution in [0.4, 0.5) is 0 Å². The third-order valence-corrected chi connectivity index (χ3v) is 7.10. The van der Waals surface area contributed by atoms with E-state index in [-0.39, 0.29) is 44.6 Å². The van der Waals surface area contributed by atoms with Gasteiger partial charge < -0.3 is 69.4 Å². The average Bonchev–Trinajstić information content (AvgIpc) is 3.02. The van der Waals surface area contributed by atoms with Crippen molar-refractivity contribution < 1.29 is 43.8 Å². The first-order chi connectivity index (χ1) is 22.9. The minimum atomic E-state index is -1.53. The van der Waals surface area contributed by atoms with Crippen LogP contribution in [0.2, 0.25) is 0 Å². The van der Waals surface area contributed by atoms with E-state index in [1.54, 1.807) is 0 Å². The van der Waals surface area contributed by atoms with Gasteiger partial charge in [0.25, 0.3) is 0 Å². The van der Waals surface area contributed by atoms with E-state index in [2.05, 4.69) is 31.6 Å². The van der Waals surface area contributed by atoms with Crippen molar-refractivity contribution in [2.24, 2.45) is 27.9 Å². The highest BCUT2D eigenvalue weighted by Gasteiger charge is 2.32. The fourth-order valence-electron chi connectivity index (χ4n) is 4.26. The first-order valence-corrected chi connectivity index (χ1v) is 15.9. The number of nitrogens with two attached hydrogens (primary N) is 4. The van der Waals surface area contributed by atoms with Gasteiger partial charge in [-0.1, -0.05) is 0 Å². The summed E-state index contributed by atoms with van der Waals surface area (Å²) in [6.45, 7) is 2.70. The molecule has 0 aliphatic rings. The van der Waals surface area contributed by atoms with Crippen LogP contribution in [0.25, 0.3) is 0 Å². The van der Waals surface area contributed by atoms with Crippen molar-refractivity contribution in [3.63, 3.8) is 0 Å². The van der Waals surface area contributed by atoms with Crippen LogP contribution in [0.3, 0.4) is 0 Å². The Kier molecular flexibility index (Phi) is 21.7. The molecule has 0 bridgehead atoms. The molecule has 0 aliphatic carbocycles. The van der Waals surface area contributed by atoms with Crippen LogP contribution in [-0.2, 0) is 33.6 Å². The Hall–Kier alpha value is -4.40. The second kappa shape index (κ2) is 23.8. The number of aldehydes is 1. The number of hydrogen-bond donors (Lipinski definition) is 11. The van der Waals surface area contributed by atoms with Gasteiger partial charge in [0.2, 0.25) is 35.4 Å². The van der Waals surface area contributed by atoms with Crippen LogP contribution < -0.4 is 49.5 Å². The number of aliphatic hydroxyl groups excluding tert-OH is 2. The first-order valence-electron chi connectivity index (χ1n) is 15.9. The zero-order valence-corrected chi connectivity index (χ0v) is 28.6. The van der Waals surface area contributed by atoms with Crippen molar-refractivity contribution in [2.45, 2.75) is 101 Å². The minimum Gasteiger partial charge on any atom is -0.394 e. The van der Waals surface area contributed by atoms with Crippen molar-refractivity contribution >= 4 is 47.7 Å². The monoisotopic (exact) mass is 701 g/mol. The summed E-state index contributed by atoms with van der Waals surface area (Å²) in [5, 5.41) is 31.6. The summed E-state index contributed by atoms with van der Waals surface area (Å²) in [4.78, 5) is 93.1. The van der Waals surface area contributed by atoms with Crippen LogP contribution in [-0.4, -0.2) is 139 Å². The second-order valence-electron chi connectivity index (χ2n) is 11.9. The number of carbonyl (C=O) groups is 7. The Morgan fingerprint density at radius 1 is 0.776 bits per heavy atom. The highest BCUT2D eigenvalue weighted by molar-refractivity contribution is 5.96. The van der Waals surface area contributed by atoms with Gasteiger partial charge in [0.1, 0.15) is 36.5 Å². The number of nitrogens with one attached hydrogen (secondary N) is 5. The van der Waals surface area contributed by atoms with Gasteiger partial charge in [0.05, 0.1) is 18.8 Å². The summed E-state index contributed by atoms with van der Waals surface area (Å²) < 4.78 is 0. The lowest BCUT2D eigenvalue weighted by atomic mass is 10.1. The summed E-state index contributed by atoms with van der Waals surface area (Å²) in [5.74, 6) is -4.93. The van der Waals surface area contributed by atoms with E-state index in [9.17, 15) is 43.8 Å². The number of aliphatic hydroxyl groups is 2. The number of primary amides is 1. The van der Waals surface area contributed by atoms with Crippen LogP contribution >= 0.6 is 0 Å². The Bertz CT molecular complexity index is 1130. The molecule has 6 amide bonds. The van der Waals surface area contributed by atoms with E-state index in [1.165, 1.54) is 13.8 Å². The van der Waals surface area contributed by atoms with Crippen molar-refractivity contribution in [2.75, 3.05) is 33.8 Å². The molecule has 49 heavy (non-hydrogen) atoms. The van der Waals surface area contributed by atoms with Crippen molar-refractivity contribution in [1.29, 1.82) is 0 Å². The van der Waals surface area contributed by atoms with E-state index in [4.69, 9.17) is 22.9 Å². The van der Waals surface area contributed by atoms with E-state index < -0.39 is 84.4 Å². The third kappa shape index (κ3) is 19.3. The molecule has 0 rings (SSSR count). The maximum Gasteiger partial charge on any atom is 0.245 e. The molecule has 0 fully saturated rings. The molecular formula is C29H55N11O9. The molecule has 20 nitrogen and oxygen atoms in total. The number of nitrogens with zero attached hydrogens (tertiary/aromatic N) is 2. The zero-order valence-electron chi connectivity index (χ0n) is 28.6. The molecule has 0 heterocycles. The minimum absolute atomic E-state index is 0.00708. The molecule has 0 radical (unpaired) electrons. The van der Waals surface area contributed by atoms with Gasteiger partial charge in [-0.05, 0) is 73.0 Å². The molecule has 0 saturated carbocycles. The molecule has 280 valence electrons. The van der Waals surface area contributed by atoms with Crippen molar-refractivity contribution in [1.82, 2.24) is 31.5 Å². The lowest BCUT2D eigenvalue weighted by Crippen LogP contribution is -2.60. The predicted molar refractivity (Wildman–Crippen MR) is 179 cm³/mol. The van der Waals surface area contributed by atoms with Crippen molar-refractivity contribution in [3.8, 4) is 0 Å². The van der Waals surface area contributed by atoms with Crippen LogP contribution in [0.1, 0.15) is 58.8 Å². The summed E-state index contributed by atoms with van der Waals surface area (Å²) >= 11 is 0. The number of guanidine groups is 1. The fraction of sp³-hybridized carbons (Fsp3) is 0.724. The maximum atomic E-state index is 13.5. The number of rotatable bonds is 25. The average molecular weight is 702 g/mol. The summed E-state index contributed by atoms with van der Waals surface area (Å²) in [7, 11) is 3.76. The van der Waals surface area contributed by atoms with Crippen LogP contribution in [0, 0.1) is 0 Å². The number of unbranched alkanes of at least 4 members (excludes halogenated alkanes) is 1. The largest absolute Gasteiger partial charge is 0.394 e. The quantitative estimate of drug-likeness (QED) is 0.0183. The Morgan fingerprint density at radius 3 is 1.86 bits per heavy atom. The van der Waals surface area contributed by atoms with Gasteiger partial charge >= 0.3 is 0 Å². The third-order valence-electron chi connectivity index (χ3n) is 7.10. The number of carbonyl (C=O) groups excluding carboxylic acids is 7. The summed E-state index contributed by atoms with van der Waals surface area (Å²) in [6.07, 6.45) is 0.283. The summed E-state index contributed by atoms with van der Waals surface area (Å²) in [5.41, 5.74) is 21.6. The molecular weight excluding hydrogens is 646 g/mol. The molecule has 0 aromatic rings. The van der Waals surface area contributed by atoms with Gasteiger partial charge in [-0.15, -0.1) is 0 Å². The second-order valence-corrected chi connectivity index (χ2v) is 11.9. The highest BCUT2D eigenvalue weighted by atomic mass is 16.3. The zero-order chi connectivity index (χ0) is 37.7. The lowest BCUT2D eigenvalue weighted by molar-refractivity contribution is -0.136. The van der Waals surface area contributed by atoms with Gasteiger partial charge in [0.15, 0.2) is 5.96 Å². The first kappa shape index (κ1) is 44.6. The molecule has 0 aromatic heterocycles. The number of amides is 6. The number of aliphatic imine (C=N–C) groups is 1. The Morgan fingerprint density at radius 2 is 1.35 bits per heavy atom. The number of hydrogen-bond acceptors (Lipinski definition) is 12. The SMILES string of the molecule is C[C@H](NC(=O)[C@@H](NC(=O)[C@@H](N)CCC(N)=O)[C@@H](C)O)C(=O)N[C@@H](CCCN=C(N)N)C(=O)N[C@@H](CCCCN(C)C)C(=O)N[C@H](C=O)CO. The van der Waals surface area contributed by atoms with Gasteiger partial charge in [-0.3, -0.25) is 33.8 Å². The van der Waals surface area contributed by atoms with Gasteiger partial charge in [-0.2, -0.15) is 0 Å². The molecule has 0 spiro atoms. The van der Waals surface area contributed by atoms with E-state index >= 15 is 0 Å². The van der Waals surface area contributed by atoms with Crippen LogP contribution in [0.15, 0.2) is 4.99 Å². The van der Waals surface area contributed by atoms with E-state index in [1.807, 2.05) is 19.0 Å². The molecule has 0 unspecified atom stereocenters.